The van der Waals surface area contributed by atoms with Crippen LogP contribution in [0.3, 0.4) is 0 Å². The molecule has 0 amide bonds. The number of para-hydroxylation sites is 2. The van der Waals surface area contributed by atoms with Gasteiger partial charge in [-0.05, 0) is 61.1 Å². The van der Waals surface area contributed by atoms with Gasteiger partial charge in [0.2, 0.25) is 5.71 Å². The normalized spacial score (nSPS) is 22.7. The SMILES string of the molecule is CC1(C)/C(=C/C=C2\CC/C(=C\C=C3/N(CCCS(=O)(=O)[O-])c4ccccc4C3(C)C)C2=[N+]2CCN(CC(=O)O)CC2)N(CCCS(=O)(=O)[O-])c2ccccc21. The average molecular weight is 792 g/mol. The van der Waals surface area contributed by atoms with Crippen molar-refractivity contribution < 1.29 is 40.4 Å². The molecular weight excluding hydrogens is 741 g/mol. The summed E-state index contributed by atoms with van der Waals surface area (Å²) in [6.07, 6.45) is 10.6. The summed E-state index contributed by atoms with van der Waals surface area (Å²) in [4.78, 5) is 17.7. The topological polar surface area (TPSA) is 164 Å². The summed E-state index contributed by atoms with van der Waals surface area (Å²) in [5, 5.41) is 9.43. The lowest BCUT2D eigenvalue weighted by Gasteiger charge is -2.27. The molecule has 14 heteroatoms. The highest BCUT2D eigenvalue weighted by atomic mass is 32.2. The van der Waals surface area contributed by atoms with Gasteiger partial charge in [0.25, 0.3) is 0 Å². The number of fused-ring (bicyclic) bond motifs is 2. The Hall–Kier alpha value is -4.08. The second-order valence-electron chi connectivity index (χ2n) is 15.8. The molecule has 1 saturated carbocycles. The van der Waals surface area contributed by atoms with Crippen molar-refractivity contribution in [2.75, 3.05) is 67.1 Å². The largest absolute Gasteiger partial charge is 0.748 e. The van der Waals surface area contributed by atoms with Crippen molar-refractivity contribution in [1.29, 1.82) is 0 Å². The number of carbonyl (C=O) groups is 1. The molecule has 4 aliphatic rings. The highest BCUT2D eigenvalue weighted by Gasteiger charge is 2.41. The molecular formula is C41H51N4O8S2-. The fourth-order valence-electron chi connectivity index (χ4n) is 8.69. The van der Waals surface area contributed by atoms with Crippen LogP contribution in [0.15, 0.2) is 95.4 Å². The molecule has 0 atom stereocenters. The summed E-state index contributed by atoms with van der Waals surface area (Å²) < 4.78 is 71.3. The first-order valence-electron chi connectivity index (χ1n) is 18.9. The van der Waals surface area contributed by atoms with Crippen molar-refractivity contribution in [3.8, 4) is 0 Å². The fraction of sp³-hybridized carbons (Fsp3) is 0.463. The van der Waals surface area contributed by atoms with Crippen molar-refractivity contribution in [3.05, 3.63) is 107 Å². The maximum Gasteiger partial charge on any atom is 0.317 e. The number of benzene rings is 2. The first-order valence-corrected chi connectivity index (χ1v) is 22.0. The zero-order valence-corrected chi connectivity index (χ0v) is 33.7. The van der Waals surface area contributed by atoms with Gasteiger partial charge in [-0.2, -0.15) is 0 Å². The number of hydrogen-bond acceptors (Lipinski definition) is 10. The molecule has 2 fully saturated rings. The molecule has 0 aromatic heterocycles. The van der Waals surface area contributed by atoms with Crippen molar-refractivity contribution in [2.24, 2.45) is 0 Å². The minimum absolute atomic E-state index is 0.00892. The lowest BCUT2D eigenvalue weighted by molar-refractivity contribution is -0.538. The van der Waals surface area contributed by atoms with Gasteiger partial charge in [-0.25, -0.2) is 21.4 Å². The van der Waals surface area contributed by atoms with Crippen molar-refractivity contribution in [1.82, 2.24) is 4.90 Å². The molecule has 6 rings (SSSR count). The molecule has 0 bridgehead atoms. The lowest BCUT2D eigenvalue weighted by atomic mass is 9.83. The number of rotatable bonds is 12. The second kappa shape index (κ2) is 15.8. The van der Waals surface area contributed by atoms with Gasteiger partial charge in [-0.15, -0.1) is 0 Å². The van der Waals surface area contributed by atoms with E-state index < -0.39 is 37.7 Å². The summed E-state index contributed by atoms with van der Waals surface area (Å²) in [7, 11) is -8.71. The Morgan fingerprint density at radius 2 is 1.15 bits per heavy atom. The molecule has 0 radical (unpaired) electrons. The molecule has 296 valence electrons. The number of carboxylic acids is 1. The summed E-state index contributed by atoms with van der Waals surface area (Å²) >= 11 is 0. The van der Waals surface area contributed by atoms with E-state index in [1.165, 1.54) is 0 Å². The van der Waals surface area contributed by atoms with Gasteiger partial charge in [0.1, 0.15) is 0 Å². The number of hydrogen-bond donors (Lipinski definition) is 1. The van der Waals surface area contributed by atoms with E-state index in [-0.39, 0.29) is 30.2 Å². The number of carboxylic acid groups (broad SMARTS) is 1. The van der Waals surface area contributed by atoms with Gasteiger partial charge in [0.15, 0.2) is 13.1 Å². The van der Waals surface area contributed by atoms with Crippen LogP contribution in [0.2, 0.25) is 0 Å². The van der Waals surface area contributed by atoms with Crippen molar-refractivity contribution >= 4 is 43.3 Å². The molecule has 3 heterocycles. The number of anilines is 2. The summed E-state index contributed by atoms with van der Waals surface area (Å²) in [5.41, 5.74) is 8.89. The summed E-state index contributed by atoms with van der Waals surface area (Å²) in [5.74, 6) is -1.73. The Morgan fingerprint density at radius 3 is 1.55 bits per heavy atom. The van der Waals surface area contributed by atoms with Crippen LogP contribution in [-0.2, 0) is 35.9 Å². The molecule has 3 aliphatic heterocycles. The highest BCUT2D eigenvalue weighted by Crippen LogP contribution is 2.49. The molecule has 1 N–H and O–H groups in total. The monoisotopic (exact) mass is 791 g/mol. The van der Waals surface area contributed by atoms with E-state index in [0.29, 0.717) is 39.3 Å². The lowest BCUT2D eigenvalue weighted by Crippen LogP contribution is -2.45. The first kappa shape index (κ1) is 40.6. The van der Waals surface area contributed by atoms with Crippen molar-refractivity contribution in [2.45, 2.75) is 64.2 Å². The van der Waals surface area contributed by atoms with Crippen molar-refractivity contribution in [3.63, 3.8) is 0 Å². The maximum atomic E-state index is 11.5. The molecule has 1 aliphatic carbocycles. The fourth-order valence-corrected chi connectivity index (χ4v) is 9.65. The molecule has 2 aromatic rings. The Kier molecular flexibility index (Phi) is 11.7. The Bertz CT molecular complexity index is 2070. The predicted octanol–water partition coefficient (Wildman–Crippen LogP) is 4.72. The van der Waals surface area contributed by atoms with Gasteiger partial charge in [-0.3, -0.25) is 9.69 Å². The van der Waals surface area contributed by atoms with E-state index in [2.05, 4.69) is 78.5 Å². The van der Waals surface area contributed by atoms with Crippen LogP contribution in [0.4, 0.5) is 11.4 Å². The molecule has 0 unspecified atom stereocenters. The zero-order chi connectivity index (χ0) is 39.8. The highest BCUT2D eigenvalue weighted by molar-refractivity contribution is 7.85. The molecule has 0 spiro atoms. The molecule has 55 heavy (non-hydrogen) atoms. The molecule has 1 saturated heterocycles. The Balaban J connectivity index is 1.40. The minimum atomic E-state index is -4.35. The van der Waals surface area contributed by atoms with E-state index in [0.717, 1.165) is 63.6 Å². The Labute approximate surface area is 325 Å². The summed E-state index contributed by atoms with van der Waals surface area (Å²) in [6.45, 7) is 11.9. The third-order valence-electron chi connectivity index (χ3n) is 11.4. The smallest absolute Gasteiger partial charge is 0.317 e. The number of piperazine rings is 1. The van der Waals surface area contributed by atoms with E-state index in [4.69, 9.17) is 0 Å². The van der Waals surface area contributed by atoms with Crippen LogP contribution < -0.4 is 9.80 Å². The van der Waals surface area contributed by atoms with E-state index >= 15 is 0 Å². The van der Waals surface area contributed by atoms with Crippen LogP contribution >= 0.6 is 0 Å². The predicted molar refractivity (Wildman–Crippen MR) is 213 cm³/mol. The Morgan fingerprint density at radius 1 is 0.727 bits per heavy atom. The van der Waals surface area contributed by atoms with Crippen LogP contribution in [0.1, 0.15) is 64.5 Å². The van der Waals surface area contributed by atoms with Crippen LogP contribution in [0.25, 0.3) is 0 Å². The quantitative estimate of drug-likeness (QED) is 0.234. The number of nitrogens with zero attached hydrogens (tertiary/aromatic N) is 4. The van der Waals surface area contributed by atoms with E-state index in [1.807, 2.05) is 41.3 Å². The minimum Gasteiger partial charge on any atom is -0.748 e. The number of allylic oxidation sites excluding steroid dienone is 8. The van der Waals surface area contributed by atoms with Gasteiger partial charge < -0.3 is 24.0 Å². The first-order chi connectivity index (χ1) is 25.9. The molecule has 2 aromatic carbocycles. The van der Waals surface area contributed by atoms with Gasteiger partial charge in [-0.1, -0.05) is 76.2 Å². The van der Waals surface area contributed by atoms with Gasteiger partial charge >= 0.3 is 5.97 Å². The van der Waals surface area contributed by atoms with Gasteiger partial charge in [0, 0.05) is 69.3 Å². The van der Waals surface area contributed by atoms with Crippen LogP contribution in [-0.4, -0.2) is 110 Å². The second-order valence-corrected chi connectivity index (χ2v) is 18.9. The summed E-state index contributed by atoms with van der Waals surface area (Å²) in [6, 6.07) is 16.2. The maximum absolute atomic E-state index is 11.5. The zero-order valence-electron chi connectivity index (χ0n) is 32.0. The standard InChI is InChI=1S/C41H52N4O8S2/c1-40(2)32-11-5-7-13-34(32)44(21-9-27-54(48,49)50)36(40)19-17-30-15-16-31(39(30)43-25-23-42(24-26-43)29-38(46)47)18-20-37-41(3,4)33-12-6-8-14-35(33)45(37)22-10-28-55(51,52)53/h5-8,11-14,17-20H,9-10,15-16,21-29H2,1-4H3,(H2-,46,47,48,49,50,51,52,53)/p-1. The molecule has 12 nitrogen and oxygen atoms in total. The average Bonchev–Trinajstić information content (AvgIpc) is 3.67. The third kappa shape index (κ3) is 8.99. The van der Waals surface area contributed by atoms with E-state index in [9.17, 15) is 35.8 Å². The van der Waals surface area contributed by atoms with Gasteiger partial charge in [0.05, 0.1) is 39.9 Å². The van der Waals surface area contributed by atoms with Crippen LogP contribution in [0.5, 0.6) is 0 Å². The number of aliphatic carboxylic acids is 1. The van der Waals surface area contributed by atoms with E-state index in [1.54, 1.807) is 0 Å². The third-order valence-corrected chi connectivity index (χ3v) is 12.9. The van der Waals surface area contributed by atoms with Crippen LogP contribution in [0, 0.1) is 0 Å².